The van der Waals surface area contributed by atoms with Crippen LogP contribution in [-0.2, 0) is 13.2 Å². The Bertz CT molecular complexity index is 1180. The Kier molecular flexibility index (Phi) is 6.02. The molecule has 2 aromatic carbocycles. The van der Waals surface area contributed by atoms with Crippen LogP contribution in [0.5, 0.6) is 11.5 Å². The number of benzene rings is 2. The molecule has 0 saturated carbocycles. The van der Waals surface area contributed by atoms with E-state index >= 15 is 0 Å². The van der Waals surface area contributed by atoms with Crippen LogP contribution in [0.15, 0.2) is 46.9 Å². The van der Waals surface area contributed by atoms with Crippen LogP contribution in [0, 0.1) is 17.0 Å². The minimum Gasteiger partial charge on any atom is -0.457 e. The molecule has 31 heavy (non-hydrogen) atoms. The summed E-state index contributed by atoms with van der Waals surface area (Å²) in [5.74, 6) is -0.462. The van der Waals surface area contributed by atoms with Gasteiger partial charge in [0.2, 0.25) is 0 Å². The van der Waals surface area contributed by atoms with Gasteiger partial charge in [0.25, 0.3) is 11.6 Å². The van der Waals surface area contributed by atoms with Gasteiger partial charge in [0.1, 0.15) is 17.2 Å². The summed E-state index contributed by atoms with van der Waals surface area (Å²) in [4.78, 5) is 23.2. The predicted octanol–water partition coefficient (Wildman–Crippen LogP) is 5.46. The molecular weight excluding hydrogens is 485 g/mol. The zero-order chi connectivity index (χ0) is 22.9. The number of hydrogen-bond acceptors (Lipinski definition) is 5. The van der Waals surface area contributed by atoms with Crippen LogP contribution in [0.25, 0.3) is 0 Å². The molecular formula is C19H14BrF3N4O4. The summed E-state index contributed by atoms with van der Waals surface area (Å²) in [7, 11) is 1.18. The maximum Gasteiger partial charge on any atom is 0.436 e. The van der Waals surface area contributed by atoms with E-state index in [4.69, 9.17) is 4.74 Å². The van der Waals surface area contributed by atoms with Crippen molar-refractivity contribution in [3.05, 3.63) is 74.0 Å². The maximum atomic E-state index is 13.0. The zero-order valence-electron chi connectivity index (χ0n) is 16.0. The highest BCUT2D eigenvalue weighted by Gasteiger charge is 2.39. The van der Waals surface area contributed by atoms with Crippen molar-refractivity contribution in [2.75, 3.05) is 5.32 Å². The number of halogens is 4. The van der Waals surface area contributed by atoms with Crippen molar-refractivity contribution in [2.24, 2.45) is 7.05 Å². The monoisotopic (exact) mass is 498 g/mol. The molecule has 12 heteroatoms. The Hall–Kier alpha value is -3.41. The fraction of sp³-hybridized carbons (Fsp3) is 0.158. The molecule has 0 bridgehead atoms. The van der Waals surface area contributed by atoms with E-state index in [1.807, 2.05) is 13.0 Å². The Morgan fingerprint density at radius 2 is 1.94 bits per heavy atom. The summed E-state index contributed by atoms with van der Waals surface area (Å²) in [6.07, 6.45) is -4.77. The average molecular weight is 499 g/mol. The number of nitro benzene ring substituents is 1. The van der Waals surface area contributed by atoms with Crippen molar-refractivity contribution >= 4 is 33.2 Å². The molecule has 0 spiro atoms. The third-order valence-corrected chi connectivity index (χ3v) is 4.81. The van der Waals surface area contributed by atoms with Gasteiger partial charge >= 0.3 is 6.18 Å². The van der Waals surface area contributed by atoms with Crippen molar-refractivity contribution in [3.8, 4) is 11.5 Å². The van der Waals surface area contributed by atoms with Crippen LogP contribution in [0.4, 0.5) is 24.5 Å². The van der Waals surface area contributed by atoms with E-state index in [9.17, 15) is 28.1 Å². The predicted molar refractivity (Wildman–Crippen MR) is 108 cm³/mol. The lowest BCUT2D eigenvalue weighted by Gasteiger charge is -2.10. The van der Waals surface area contributed by atoms with E-state index in [0.29, 0.717) is 5.75 Å². The molecule has 3 aromatic rings. The Morgan fingerprint density at radius 3 is 2.52 bits per heavy atom. The highest BCUT2D eigenvalue weighted by Crippen LogP contribution is 2.36. The lowest BCUT2D eigenvalue weighted by atomic mass is 10.2. The lowest BCUT2D eigenvalue weighted by Crippen LogP contribution is -2.16. The first kappa shape index (κ1) is 22.3. The van der Waals surface area contributed by atoms with Gasteiger partial charge in [-0.15, -0.1) is 0 Å². The number of rotatable bonds is 5. The molecule has 0 saturated heterocycles. The molecule has 1 aromatic heterocycles. The number of nitro groups is 1. The van der Waals surface area contributed by atoms with E-state index in [2.05, 4.69) is 26.3 Å². The molecule has 3 rings (SSSR count). The van der Waals surface area contributed by atoms with Crippen molar-refractivity contribution in [1.82, 2.24) is 9.78 Å². The van der Waals surface area contributed by atoms with Gasteiger partial charge in [-0.1, -0.05) is 12.1 Å². The summed E-state index contributed by atoms with van der Waals surface area (Å²) in [6.45, 7) is 1.84. The fourth-order valence-corrected chi connectivity index (χ4v) is 3.49. The number of aryl methyl sites for hydroxylation is 2. The molecule has 162 valence electrons. The minimum absolute atomic E-state index is 0.0384. The largest absolute Gasteiger partial charge is 0.457 e. The minimum atomic E-state index is -4.77. The van der Waals surface area contributed by atoms with Crippen molar-refractivity contribution in [3.63, 3.8) is 0 Å². The zero-order valence-corrected chi connectivity index (χ0v) is 17.6. The number of anilines is 1. The van der Waals surface area contributed by atoms with E-state index in [1.165, 1.54) is 19.2 Å². The van der Waals surface area contributed by atoms with Crippen molar-refractivity contribution < 1.29 is 27.6 Å². The first-order valence-electron chi connectivity index (χ1n) is 8.60. The third kappa shape index (κ3) is 5.02. The summed E-state index contributed by atoms with van der Waals surface area (Å²) in [5, 5.41) is 17.0. The highest BCUT2D eigenvalue weighted by atomic mass is 79.9. The number of carbonyl (C=O) groups excluding carboxylic acids is 1. The van der Waals surface area contributed by atoms with Gasteiger partial charge in [0.15, 0.2) is 5.69 Å². The second-order valence-corrected chi connectivity index (χ2v) is 7.27. The number of aromatic nitrogens is 2. The summed E-state index contributed by atoms with van der Waals surface area (Å²) < 4.78 is 45.0. The van der Waals surface area contributed by atoms with Crippen molar-refractivity contribution in [1.29, 1.82) is 0 Å². The Labute approximate surface area is 181 Å². The van der Waals surface area contributed by atoms with E-state index in [0.717, 1.165) is 16.3 Å². The van der Waals surface area contributed by atoms with E-state index in [1.54, 1.807) is 18.2 Å². The van der Waals surface area contributed by atoms with Gasteiger partial charge < -0.3 is 10.1 Å². The summed E-state index contributed by atoms with van der Waals surface area (Å²) in [6, 6.07) is 10.5. The summed E-state index contributed by atoms with van der Waals surface area (Å²) in [5.41, 5.74) is -1.18. The number of nitrogens with one attached hydrogen (secondary N) is 1. The Morgan fingerprint density at radius 1 is 1.23 bits per heavy atom. The second kappa shape index (κ2) is 8.38. The van der Waals surface area contributed by atoms with Gasteiger partial charge in [0, 0.05) is 19.2 Å². The second-order valence-electron chi connectivity index (χ2n) is 6.48. The molecule has 8 nitrogen and oxygen atoms in total. The van der Waals surface area contributed by atoms with Gasteiger partial charge in [-0.2, -0.15) is 18.3 Å². The van der Waals surface area contributed by atoms with Crippen LogP contribution < -0.4 is 10.1 Å². The van der Waals surface area contributed by atoms with Gasteiger partial charge in [-0.3, -0.25) is 19.6 Å². The SMILES string of the molecule is Cc1cccc(Oc2cc(NC(=O)c3c(Br)c(C(F)(F)F)nn3C)cc([N+](=O)[O-])c2)c1. The Balaban J connectivity index is 1.94. The first-order valence-corrected chi connectivity index (χ1v) is 9.40. The first-order chi connectivity index (χ1) is 14.5. The molecule has 0 fully saturated rings. The molecule has 0 aliphatic heterocycles. The van der Waals surface area contributed by atoms with Crippen molar-refractivity contribution in [2.45, 2.75) is 13.1 Å². The number of ether oxygens (including phenoxy) is 1. The number of amides is 1. The standard InChI is InChI=1S/C19H14BrF3N4O4/c1-10-4-3-5-13(6-10)31-14-8-11(7-12(9-14)27(29)30)24-18(28)16-15(20)17(19(21,22)23)25-26(16)2/h3-9H,1-2H3,(H,24,28). The molecule has 0 radical (unpaired) electrons. The van der Waals surface area contributed by atoms with E-state index < -0.39 is 32.9 Å². The highest BCUT2D eigenvalue weighted by molar-refractivity contribution is 9.10. The maximum absolute atomic E-state index is 13.0. The molecule has 0 unspecified atom stereocenters. The fourth-order valence-electron chi connectivity index (χ4n) is 2.75. The van der Waals surface area contributed by atoms with Gasteiger partial charge in [-0.05, 0) is 40.5 Å². The number of carbonyl (C=O) groups is 1. The topological polar surface area (TPSA) is 99.3 Å². The molecule has 0 atom stereocenters. The molecule has 0 aliphatic rings. The smallest absolute Gasteiger partial charge is 0.436 e. The van der Waals surface area contributed by atoms with E-state index in [-0.39, 0.29) is 17.1 Å². The lowest BCUT2D eigenvalue weighted by molar-refractivity contribution is -0.384. The number of hydrogen-bond donors (Lipinski definition) is 1. The van der Waals surface area contributed by atoms with Crippen LogP contribution >= 0.6 is 15.9 Å². The molecule has 1 amide bonds. The quantitative estimate of drug-likeness (QED) is 0.371. The summed E-state index contributed by atoms with van der Waals surface area (Å²) >= 11 is 2.76. The number of alkyl halides is 3. The van der Waals surface area contributed by atoms with Crippen LogP contribution in [0.2, 0.25) is 0 Å². The molecule has 0 aliphatic carbocycles. The molecule has 1 heterocycles. The third-order valence-electron chi connectivity index (χ3n) is 4.06. The number of nitrogens with zero attached hydrogens (tertiary/aromatic N) is 3. The van der Waals surface area contributed by atoms with Crippen LogP contribution in [-0.4, -0.2) is 20.6 Å². The molecule has 1 N–H and O–H groups in total. The van der Waals surface area contributed by atoms with Gasteiger partial charge in [0.05, 0.1) is 21.1 Å². The van der Waals surface area contributed by atoms with Gasteiger partial charge in [-0.25, -0.2) is 0 Å². The number of non-ortho nitro benzene ring substituents is 1. The van der Waals surface area contributed by atoms with Crippen LogP contribution in [0.3, 0.4) is 0 Å². The van der Waals surface area contributed by atoms with Crippen LogP contribution in [0.1, 0.15) is 21.7 Å². The average Bonchev–Trinajstić information content (AvgIpc) is 2.96. The normalized spacial score (nSPS) is 11.3.